The average Bonchev–Trinajstić information content (AvgIpc) is 2.90. The first-order chi connectivity index (χ1) is 8.74. The van der Waals surface area contributed by atoms with E-state index in [1.807, 2.05) is 0 Å². The van der Waals surface area contributed by atoms with Crippen molar-refractivity contribution in [2.24, 2.45) is 0 Å². The maximum Gasteiger partial charge on any atom is 0.341 e. The number of carbonyl (C=O) groups excluding carboxylic acids is 1. The summed E-state index contributed by atoms with van der Waals surface area (Å²) in [5.41, 5.74) is 0.369. The van der Waals surface area contributed by atoms with Crippen molar-refractivity contribution in [1.82, 2.24) is 0 Å². The van der Waals surface area contributed by atoms with Gasteiger partial charge in [0.25, 0.3) is 0 Å². The highest BCUT2D eigenvalue weighted by Gasteiger charge is 2.21. The van der Waals surface area contributed by atoms with Crippen LogP contribution in [0.5, 0.6) is 11.5 Å². The number of ether oxygens (including phenoxy) is 4. The lowest BCUT2D eigenvalue weighted by Crippen LogP contribution is -2.16. The molecule has 1 aliphatic rings. The summed E-state index contributed by atoms with van der Waals surface area (Å²) in [5, 5.41) is 0. The second-order valence-corrected chi connectivity index (χ2v) is 3.91. The van der Waals surface area contributed by atoms with Crippen LogP contribution in [0.25, 0.3) is 0 Å². The van der Waals surface area contributed by atoms with E-state index in [1.54, 1.807) is 25.3 Å². The highest BCUT2D eigenvalue weighted by molar-refractivity contribution is 5.92. The van der Waals surface area contributed by atoms with E-state index in [2.05, 4.69) is 0 Å². The van der Waals surface area contributed by atoms with E-state index in [0.29, 0.717) is 23.7 Å². The van der Waals surface area contributed by atoms with Gasteiger partial charge in [-0.15, -0.1) is 0 Å². The van der Waals surface area contributed by atoms with Crippen LogP contribution in [0.4, 0.5) is 0 Å². The first-order valence-corrected chi connectivity index (χ1v) is 5.79. The molecule has 0 aromatic heterocycles. The molecule has 1 atom stereocenters. The Kier molecular flexibility index (Phi) is 4.04. The molecule has 0 radical (unpaired) electrons. The summed E-state index contributed by atoms with van der Waals surface area (Å²) in [7, 11) is 2.89. The molecule has 2 rings (SSSR count). The van der Waals surface area contributed by atoms with Crippen molar-refractivity contribution < 1.29 is 23.7 Å². The fourth-order valence-electron chi connectivity index (χ4n) is 1.79. The minimum atomic E-state index is -0.439. The summed E-state index contributed by atoms with van der Waals surface area (Å²) in [6.45, 7) is 0.683. The molecule has 0 bridgehead atoms. The standard InChI is InChI=1S/C13H16O5/c1-15-9-5-6-10(13(14)16-2)11(8-9)18-12-4-3-7-17-12/h5-6,8,12H,3-4,7H2,1-2H3. The number of hydrogen-bond donors (Lipinski definition) is 0. The van der Waals surface area contributed by atoms with Crippen molar-refractivity contribution in [2.75, 3.05) is 20.8 Å². The van der Waals surface area contributed by atoms with Gasteiger partial charge in [-0.1, -0.05) is 0 Å². The Morgan fingerprint density at radius 2 is 2.22 bits per heavy atom. The molecule has 5 heteroatoms. The van der Waals surface area contributed by atoms with E-state index < -0.39 is 5.97 Å². The fourth-order valence-corrected chi connectivity index (χ4v) is 1.79. The zero-order valence-corrected chi connectivity index (χ0v) is 10.5. The summed E-state index contributed by atoms with van der Waals surface area (Å²) < 4.78 is 20.9. The normalized spacial score (nSPS) is 18.4. The van der Waals surface area contributed by atoms with Crippen LogP contribution in [0, 0.1) is 0 Å². The van der Waals surface area contributed by atoms with Gasteiger partial charge in [-0.3, -0.25) is 0 Å². The molecule has 1 aliphatic heterocycles. The molecule has 0 N–H and O–H groups in total. The van der Waals surface area contributed by atoms with Gasteiger partial charge < -0.3 is 18.9 Å². The summed E-state index contributed by atoms with van der Waals surface area (Å²) >= 11 is 0. The van der Waals surface area contributed by atoms with Crippen molar-refractivity contribution in [3.63, 3.8) is 0 Å². The molecule has 0 saturated carbocycles. The van der Waals surface area contributed by atoms with Gasteiger partial charge in [0.2, 0.25) is 0 Å². The molecule has 1 saturated heterocycles. The lowest BCUT2D eigenvalue weighted by Gasteiger charge is -2.16. The van der Waals surface area contributed by atoms with Gasteiger partial charge >= 0.3 is 5.97 Å². The van der Waals surface area contributed by atoms with Gasteiger partial charge in [0, 0.05) is 12.5 Å². The Labute approximate surface area is 106 Å². The molecule has 1 heterocycles. The highest BCUT2D eigenvalue weighted by atomic mass is 16.7. The van der Waals surface area contributed by atoms with Crippen molar-refractivity contribution in [3.8, 4) is 11.5 Å². The van der Waals surface area contributed by atoms with Gasteiger partial charge in [-0.05, 0) is 18.6 Å². The summed E-state index contributed by atoms with van der Waals surface area (Å²) in [6, 6.07) is 4.97. The minimum Gasteiger partial charge on any atom is -0.497 e. The van der Waals surface area contributed by atoms with Crippen LogP contribution < -0.4 is 9.47 Å². The second-order valence-electron chi connectivity index (χ2n) is 3.91. The topological polar surface area (TPSA) is 54.0 Å². The lowest BCUT2D eigenvalue weighted by atomic mass is 10.2. The zero-order chi connectivity index (χ0) is 13.0. The molecule has 0 spiro atoms. The van der Waals surface area contributed by atoms with E-state index in [1.165, 1.54) is 7.11 Å². The number of rotatable bonds is 4. The average molecular weight is 252 g/mol. The summed E-state index contributed by atoms with van der Waals surface area (Å²) in [4.78, 5) is 11.6. The van der Waals surface area contributed by atoms with E-state index >= 15 is 0 Å². The molecular formula is C13H16O5. The van der Waals surface area contributed by atoms with Crippen LogP contribution in [-0.4, -0.2) is 33.1 Å². The fraction of sp³-hybridized carbons (Fsp3) is 0.462. The Hall–Kier alpha value is -1.75. The third-order valence-electron chi connectivity index (χ3n) is 2.74. The Morgan fingerprint density at radius 1 is 1.39 bits per heavy atom. The molecule has 5 nitrogen and oxygen atoms in total. The minimum absolute atomic E-state index is 0.305. The second kappa shape index (κ2) is 5.73. The molecule has 1 fully saturated rings. The van der Waals surface area contributed by atoms with Crippen molar-refractivity contribution in [2.45, 2.75) is 19.1 Å². The van der Waals surface area contributed by atoms with Crippen molar-refractivity contribution in [3.05, 3.63) is 23.8 Å². The smallest absolute Gasteiger partial charge is 0.341 e. The van der Waals surface area contributed by atoms with E-state index in [9.17, 15) is 4.79 Å². The van der Waals surface area contributed by atoms with Crippen LogP contribution in [0.2, 0.25) is 0 Å². The predicted molar refractivity (Wildman–Crippen MR) is 63.9 cm³/mol. The van der Waals surface area contributed by atoms with Crippen molar-refractivity contribution >= 4 is 5.97 Å². The first-order valence-electron chi connectivity index (χ1n) is 5.79. The van der Waals surface area contributed by atoms with Gasteiger partial charge in [0.05, 0.1) is 20.8 Å². The van der Waals surface area contributed by atoms with Crippen LogP contribution in [0.3, 0.4) is 0 Å². The van der Waals surface area contributed by atoms with Crippen molar-refractivity contribution in [1.29, 1.82) is 0 Å². The molecule has 0 amide bonds. The molecule has 1 aromatic carbocycles. The zero-order valence-electron chi connectivity index (χ0n) is 10.5. The van der Waals surface area contributed by atoms with Crippen LogP contribution >= 0.6 is 0 Å². The Bertz CT molecular complexity index is 423. The van der Waals surface area contributed by atoms with Gasteiger partial charge in [0.1, 0.15) is 17.1 Å². The van der Waals surface area contributed by atoms with E-state index in [-0.39, 0.29) is 6.29 Å². The third kappa shape index (κ3) is 2.73. The maximum absolute atomic E-state index is 11.6. The number of hydrogen-bond acceptors (Lipinski definition) is 5. The van der Waals surface area contributed by atoms with E-state index in [0.717, 1.165) is 12.8 Å². The molecule has 1 aromatic rings. The van der Waals surface area contributed by atoms with Gasteiger partial charge in [-0.25, -0.2) is 4.79 Å². The first kappa shape index (κ1) is 12.7. The van der Waals surface area contributed by atoms with E-state index in [4.69, 9.17) is 18.9 Å². The maximum atomic E-state index is 11.6. The quantitative estimate of drug-likeness (QED) is 0.767. The molecule has 18 heavy (non-hydrogen) atoms. The summed E-state index contributed by atoms with van der Waals surface area (Å²) in [5.74, 6) is 0.606. The van der Waals surface area contributed by atoms with Gasteiger partial charge in [-0.2, -0.15) is 0 Å². The SMILES string of the molecule is COC(=O)c1ccc(OC)cc1OC1CCCO1. The largest absolute Gasteiger partial charge is 0.497 e. The predicted octanol–water partition coefficient (Wildman–Crippen LogP) is 2.00. The number of benzene rings is 1. The third-order valence-corrected chi connectivity index (χ3v) is 2.74. The molecule has 98 valence electrons. The number of esters is 1. The Morgan fingerprint density at radius 3 is 2.83 bits per heavy atom. The molecule has 1 unspecified atom stereocenters. The van der Waals surface area contributed by atoms with Crippen LogP contribution in [0.1, 0.15) is 23.2 Å². The van der Waals surface area contributed by atoms with Crippen LogP contribution in [-0.2, 0) is 9.47 Å². The molecular weight excluding hydrogens is 236 g/mol. The van der Waals surface area contributed by atoms with Crippen LogP contribution in [0.15, 0.2) is 18.2 Å². The van der Waals surface area contributed by atoms with Gasteiger partial charge in [0.15, 0.2) is 6.29 Å². The monoisotopic (exact) mass is 252 g/mol. The lowest BCUT2D eigenvalue weighted by molar-refractivity contribution is -0.0396. The Balaban J connectivity index is 2.24. The molecule has 0 aliphatic carbocycles. The number of carbonyl (C=O) groups is 1. The highest BCUT2D eigenvalue weighted by Crippen LogP contribution is 2.28. The summed E-state index contributed by atoms with van der Waals surface area (Å²) in [6.07, 6.45) is 1.47. The number of methoxy groups -OCH3 is 2.